The van der Waals surface area contributed by atoms with E-state index in [9.17, 15) is 9.90 Å². The minimum absolute atomic E-state index is 0.131. The lowest BCUT2D eigenvalue weighted by atomic mass is 9.89. The van der Waals surface area contributed by atoms with Crippen LogP contribution in [0, 0.1) is 0 Å². The molecule has 2 unspecified atom stereocenters. The Kier molecular flexibility index (Phi) is 8.13. The van der Waals surface area contributed by atoms with E-state index in [4.69, 9.17) is 9.73 Å². The van der Waals surface area contributed by atoms with Crippen LogP contribution in [0.2, 0.25) is 0 Å². The second-order valence-electron chi connectivity index (χ2n) is 5.13. The van der Waals surface area contributed by atoms with Crippen molar-refractivity contribution in [2.24, 2.45) is 4.99 Å². The number of carbonyl (C=O) groups excluding carboxylic acids is 1. The van der Waals surface area contributed by atoms with E-state index < -0.39 is 0 Å². The van der Waals surface area contributed by atoms with E-state index in [1.54, 1.807) is 18.7 Å². The van der Waals surface area contributed by atoms with Crippen molar-refractivity contribution >= 4 is 35.0 Å². The van der Waals surface area contributed by atoms with Gasteiger partial charge in [-0.1, -0.05) is 20.8 Å². The summed E-state index contributed by atoms with van der Waals surface area (Å²) in [5.41, 5.74) is 1.92. The molecule has 1 heterocycles. The maximum absolute atomic E-state index is 11.3. The number of nitrogens with zero attached hydrogens (tertiary/aromatic N) is 1. The summed E-state index contributed by atoms with van der Waals surface area (Å²) in [6.07, 6.45) is 3.83. The Hall–Kier alpha value is -0.200. The summed E-state index contributed by atoms with van der Waals surface area (Å²) >= 11 is 3.56. The number of hydrogen-bond acceptors (Lipinski definition) is 6. The Balaban J connectivity index is 2.82. The Morgan fingerprint density at radius 1 is 1.38 bits per heavy atom. The highest BCUT2D eigenvalue weighted by Gasteiger charge is 2.53. The first kappa shape index (κ1) is 18.8. The zero-order valence-corrected chi connectivity index (χ0v) is 14.9. The summed E-state index contributed by atoms with van der Waals surface area (Å²) in [5.74, 6) is 0.884. The number of esters is 1. The van der Waals surface area contributed by atoms with Gasteiger partial charge in [-0.15, -0.1) is 23.5 Å². The van der Waals surface area contributed by atoms with Gasteiger partial charge in [0.25, 0.3) is 0 Å². The van der Waals surface area contributed by atoms with Crippen LogP contribution >= 0.6 is 23.5 Å². The van der Waals surface area contributed by atoms with Gasteiger partial charge in [0.2, 0.25) is 0 Å². The zero-order valence-electron chi connectivity index (χ0n) is 13.3. The molecule has 122 valence electrons. The maximum atomic E-state index is 11.3. The fourth-order valence-electron chi connectivity index (χ4n) is 2.62. The number of thioether (sulfide) groups is 2. The van der Waals surface area contributed by atoms with Gasteiger partial charge in [0, 0.05) is 13.0 Å². The van der Waals surface area contributed by atoms with Crippen molar-refractivity contribution < 1.29 is 14.6 Å². The Morgan fingerprint density at radius 3 is 2.71 bits per heavy atom. The summed E-state index contributed by atoms with van der Waals surface area (Å²) in [6.45, 7) is 6.64. The number of aliphatic hydroxyl groups excluding tert-OH is 1. The first-order valence-electron chi connectivity index (χ1n) is 7.71. The molecule has 1 rings (SSSR count). The standard InChI is InChI=1S/C15H27NO3S2/c1-4-11-20-15(6-3)14(7-9-17,21-12-16-15)8-10-19-13(18)5-2/h12,17H,4-11H2,1-3H3. The maximum Gasteiger partial charge on any atom is 0.305 e. The summed E-state index contributed by atoms with van der Waals surface area (Å²) in [7, 11) is 0. The molecule has 6 heteroatoms. The van der Waals surface area contributed by atoms with Gasteiger partial charge >= 0.3 is 5.97 Å². The van der Waals surface area contributed by atoms with Gasteiger partial charge in [-0.2, -0.15) is 0 Å². The van der Waals surface area contributed by atoms with E-state index in [2.05, 4.69) is 13.8 Å². The van der Waals surface area contributed by atoms with Crippen LogP contribution in [0.25, 0.3) is 0 Å². The highest BCUT2D eigenvalue weighted by Crippen LogP contribution is 2.55. The third-order valence-corrected chi connectivity index (χ3v) is 7.26. The smallest absolute Gasteiger partial charge is 0.305 e. The Labute approximate surface area is 136 Å². The van der Waals surface area contributed by atoms with Gasteiger partial charge in [-0.3, -0.25) is 9.79 Å². The van der Waals surface area contributed by atoms with Crippen molar-refractivity contribution in [1.82, 2.24) is 0 Å². The highest BCUT2D eigenvalue weighted by molar-refractivity contribution is 8.15. The van der Waals surface area contributed by atoms with E-state index in [1.165, 1.54) is 0 Å². The second-order valence-corrected chi connectivity index (χ2v) is 7.73. The van der Waals surface area contributed by atoms with Gasteiger partial charge in [-0.25, -0.2) is 0 Å². The lowest BCUT2D eigenvalue weighted by Crippen LogP contribution is -2.47. The third-order valence-electron chi connectivity index (χ3n) is 3.85. The highest BCUT2D eigenvalue weighted by atomic mass is 32.2. The number of aliphatic hydroxyl groups is 1. The van der Waals surface area contributed by atoms with Crippen molar-refractivity contribution in [3.05, 3.63) is 0 Å². The molecule has 1 aliphatic heterocycles. The number of ether oxygens (including phenoxy) is 1. The average molecular weight is 334 g/mol. The van der Waals surface area contributed by atoms with Crippen LogP contribution in [0.15, 0.2) is 4.99 Å². The molecule has 2 atom stereocenters. The van der Waals surface area contributed by atoms with Crippen LogP contribution in [-0.4, -0.2) is 45.2 Å². The average Bonchev–Trinajstić information content (AvgIpc) is 2.84. The SMILES string of the molecule is CCCSC1(CC)N=CSC1(CCO)CCOC(=O)CC. The third kappa shape index (κ3) is 4.39. The fraction of sp³-hybridized carbons (Fsp3) is 0.867. The molecule has 21 heavy (non-hydrogen) atoms. The molecule has 0 amide bonds. The lowest BCUT2D eigenvalue weighted by Gasteiger charge is -2.42. The van der Waals surface area contributed by atoms with Gasteiger partial charge in [-0.05, 0) is 31.4 Å². The van der Waals surface area contributed by atoms with Crippen LogP contribution in [0.1, 0.15) is 52.9 Å². The normalized spacial score (nSPS) is 28.0. The van der Waals surface area contributed by atoms with Crippen molar-refractivity contribution in [2.45, 2.75) is 62.5 Å². The van der Waals surface area contributed by atoms with Crippen molar-refractivity contribution in [3.63, 3.8) is 0 Å². The van der Waals surface area contributed by atoms with Crippen molar-refractivity contribution in [1.29, 1.82) is 0 Å². The van der Waals surface area contributed by atoms with E-state index in [0.717, 1.165) is 25.0 Å². The Morgan fingerprint density at radius 2 is 2.14 bits per heavy atom. The minimum atomic E-state index is -0.213. The second kappa shape index (κ2) is 9.06. The molecule has 0 aromatic rings. The topological polar surface area (TPSA) is 58.9 Å². The largest absolute Gasteiger partial charge is 0.466 e. The molecule has 0 fully saturated rings. The van der Waals surface area contributed by atoms with Crippen LogP contribution in [0.3, 0.4) is 0 Å². The summed E-state index contributed by atoms with van der Waals surface area (Å²) in [6, 6.07) is 0. The fourth-order valence-corrected chi connectivity index (χ4v) is 5.58. The number of rotatable bonds is 10. The number of carbonyl (C=O) groups is 1. The van der Waals surface area contributed by atoms with Crippen molar-refractivity contribution in [3.8, 4) is 0 Å². The quantitative estimate of drug-likeness (QED) is 0.620. The lowest BCUT2D eigenvalue weighted by molar-refractivity contribution is -0.143. The monoisotopic (exact) mass is 333 g/mol. The zero-order chi connectivity index (χ0) is 15.8. The minimum Gasteiger partial charge on any atom is -0.466 e. The predicted octanol–water partition coefficient (Wildman–Crippen LogP) is 3.48. The van der Waals surface area contributed by atoms with E-state index >= 15 is 0 Å². The molecule has 0 bridgehead atoms. The first-order valence-corrected chi connectivity index (χ1v) is 9.58. The Bertz CT molecular complexity index is 365. The van der Waals surface area contributed by atoms with Gasteiger partial charge in [0.1, 0.15) is 4.87 Å². The van der Waals surface area contributed by atoms with Gasteiger partial charge in [0.05, 0.1) is 16.9 Å². The molecule has 1 aliphatic rings. The molecule has 0 aromatic heterocycles. The first-order chi connectivity index (χ1) is 10.1. The summed E-state index contributed by atoms with van der Waals surface area (Å²) in [5, 5.41) is 9.51. The molecule has 0 saturated carbocycles. The number of hydrogen-bond donors (Lipinski definition) is 1. The molecule has 0 saturated heterocycles. The van der Waals surface area contributed by atoms with Crippen LogP contribution in [0.5, 0.6) is 0 Å². The summed E-state index contributed by atoms with van der Waals surface area (Å²) < 4.78 is 5.09. The molecule has 0 radical (unpaired) electrons. The molecule has 1 N–H and O–H groups in total. The molecule has 0 aliphatic carbocycles. The van der Waals surface area contributed by atoms with Crippen LogP contribution in [-0.2, 0) is 9.53 Å². The van der Waals surface area contributed by atoms with Crippen LogP contribution < -0.4 is 0 Å². The van der Waals surface area contributed by atoms with E-state index in [1.807, 2.05) is 17.3 Å². The summed E-state index contributed by atoms with van der Waals surface area (Å²) in [4.78, 5) is 15.9. The molecular weight excluding hydrogens is 306 g/mol. The van der Waals surface area contributed by atoms with Gasteiger partial charge in [0.15, 0.2) is 0 Å². The van der Waals surface area contributed by atoms with Crippen LogP contribution in [0.4, 0.5) is 0 Å². The van der Waals surface area contributed by atoms with Gasteiger partial charge < -0.3 is 9.84 Å². The predicted molar refractivity (Wildman–Crippen MR) is 92.2 cm³/mol. The molecular formula is C15H27NO3S2. The molecule has 0 aromatic carbocycles. The molecule has 0 spiro atoms. The van der Waals surface area contributed by atoms with E-state index in [0.29, 0.717) is 19.4 Å². The molecule has 4 nitrogen and oxygen atoms in total. The van der Waals surface area contributed by atoms with E-state index in [-0.39, 0.29) is 22.2 Å². The van der Waals surface area contributed by atoms with Crippen molar-refractivity contribution in [2.75, 3.05) is 19.0 Å². The number of aliphatic imine (C=N–C) groups is 1.